The zero-order valence-electron chi connectivity index (χ0n) is 16.7. The summed E-state index contributed by atoms with van der Waals surface area (Å²) in [5.41, 5.74) is 2.45. The number of hydrogen-bond acceptors (Lipinski definition) is 2. The SMILES string of the molecule is CCc1ccccc1NC(=O)N1CCC[C@](C)(C(=O)NCc2ccccc2)C1. The fourth-order valence-electron chi connectivity index (χ4n) is 3.73. The van der Waals surface area contributed by atoms with Crippen molar-refractivity contribution in [3.8, 4) is 0 Å². The lowest BCUT2D eigenvalue weighted by Gasteiger charge is -2.39. The highest BCUT2D eigenvalue weighted by atomic mass is 16.2. The summed E-state index contributed by atoms with van der Waals surface area (Å²) in [4.78, 5) is 27.4. The Hall–Kier alpha value is -2.82. The number of benzene rings is 2. The summed E-state index contributed by atoms with van der Waals surface area (Å²) in [5.74, 6) is 0.00260. The Kier molecular flexibility index (Phi) is 6.34. The van der Waals surface area contributed by atoms with E-state index in [-0.39, 0.29) is 11.9 Å². The van der Waals surface area contributed by atoms with Gasteiger partial charge in [0.1, 0.15) is 0 Å². The van der Waals surface area contributed by atoms with Gasteiger partial charge in [0.2, 0.25) is 5.91 Å². The smallest absolute Gasteiger partial charge is 0.321 e. The minimum absolute atomic E-state index is 0.00260. The molecular weight excluding hydrogens is 350 g/mol. The number of anilines is 1. The summed E-state index contributed by atoms with van der Waals surface area (Å²) in [5, 5.41) is 6.06. The van der Waals surface area contributed by atoms with Crippen LogP contribution in [-0.4, -0.2) is 29.9 Å². The summed E-state index contributed by atoms with van der Waals surface area (Å²) in [6.45, 7) is 5.62. The Morgan fingerprint density at radius 1 is 1.07 bits per heavy atom. The van der Waals surface area contributed by atoms with Gasteiger partial charge in [-0.15, -0.1) is 0 Å². The van der Waals surface area contributed by atoms with Gasteiger partial charge in [-0.25, -0.2) is 4.79 Å². The van der Waals surface area contributed by atoms with Crippen molar-refractivity contribution in [3.05, 3.63) is 65.7 Å². The van der Waals surface area contributed by atoms with Gasteiger partial charge < -0.3 is 15.5 Å². The molecule has 0 unspecified atom stereocenters. The van der Waals surface area contributed by atoms with Gasteiger partial charge in [0.25, 0.3) is 0 Å². The highest BCUT2D eigenvalue weighted by molar-refractivity contribution is 5.91. The molecule has 1 aliphatic rings. The zero-order valence-corrected chi connectivity index (χ0v) is 16.7. The summed E-state index contributed by atoms with van der Waals surface area (Å²) in [6.07, 6.45) is 2.46. The average molecular weight is 380 g/mol. The number of hydrogen-bond donors (Lipinski definition) is 2. The quantitative estimate of drug-likeness (QED) is 0.818. The topological polar surface area (TPSA) is 61.4 Å². The van der Waals surface area contributed by atoms with E-state index in [0.29, 0.717) is 19.6 Å². The number of carbonyl (C=O) groups excluding carboxylic acids is 2. The molecule has 1 saturated heterocycles. The second-order valence-electron chi connectivity index (χ2n) is 7.69. The van der Waals surface area contributed by atoms with Crippen LogP contribution in [0.4, 0.5) is 10.5 Å². The molecular formula is C23H29N3O2. The van der Waals surface area contributed by atoms with E-state index in [4.69, 9.17) is 0 Å². The molecule has 1 heterocycles. The maximum absolute atomic E-state index is 12.9. The Labute approximate surface area is 167 Å². The summed E-state index contributed by atoms with van der Waals surface area (Å²) >= 11 is 0. The Bertz CT molecular complexity index is 822. The van der Waals surface area contributed by atoms with Gasteiger partial charge in [0.15, 0.2) is 0 Å². The molecule has 0 aromatic heterocycles. The van der Waals surface area contributed by atoms with Crippen LogP contribution in [0.3, 0.4) is 0 Å². The third-order valence-corrected chi connectivity index (χ3v) is 5.47. The minimum atomic E-state index is -0.575. The normalized spacial score (nSPS) is 19.1. The van der Waals surface area contributed by atoms with Crippen LogP contribution in [0.15, 0.2) is 54.6 Å². The number of likely N-dealkylation sites (tertiary alicyclic amines) is 1. The molecule has 2 aromatic carbocycles. The van der Waals surface area contributed by atoms with Gasteiger partial charge in [-0.2, -0.15) is 0 Å². The number of nitrogens with zero attached hydrogens (tertiary/aromatic N) is 1. The number of rotatable bonds is 5. The number of urea groups is 1. The third kappa shape index (κ3) is 4.71. The van der Waals surface area contributed by atoms with E-state index in [0.717, 1.165) is 36.1 Å². The number of aryl methyl sites for hydroxylation is 1. The second kappa shape index (κ2) is 8.91. The van der Waals surface area contributed by atoms with Crippen LogP contribution in [0.1, 0.15) is 37.8 Å². The number of carbonyl (C=O) groups is 2. The van der Waals surface area contributed by atoms with E-state index in [2.05, 4.69) is 17.6 Å². The average Bonchev–Trinajstić information content (AvgIpc) is 2.73. The van der Waals surface area contributed by atoms with Gasteiger partial charge in [-0.3, -0.25) is 4.79 Å². The van der Waals surface area contributed by atoms with Gasteiger partial charge in [0, 0.05) is 25.3 Å². The van der Waals surface area contributed by atoms with Crippen molar-refractivity contribution in [3.63, 3.8) is 0 Å². The van der Waals surface area contributed by atoms with Crippen molar-refractivity contribution < 1.29 is 9.59 Å². The van der Waals surface area contributed by atoms with Crippen LogP contribution in [0.25, 0.3) is 0 Å². The van der Waals surface area contributed by atoms with E-state index in [9.17, 15) is 9.59 Å². The number of nitrogens with one attached hydrogen (secondary N) is 2. The van der Waals surface area contributed by atoms with Crippen molar-refractivity contribution in [2.45, 2.75) is 39.7 Å². The van der Waals surface area contributed by atoms with Crippen LogP contribution in [0.5, 0.6) is 0 Å². The maximum Gasteiger partial charge on any atom is 0.321 e. The molecule has 2 aromatic rings. The van der Waals surface area contributed by atoms with Crippen LogP contribution in [-0.2, 0) is 17.8 Å². The molecule has 28 heavy (non-hydrogen) atoms. The van der Waals surface area contributed by atoms with Crippen molar-refractivity contribution in [1.29, 1.82) is 0 Å². The summed E-state index contributed by atoms with van der Waals surface area (Å²) in [6, 6.07) is 17.6. The van der Waals surface area contributed by atoms with Crippen molar-refractivity contribution in [1.82, 2.24) is 10.2 Å². The van der Waals surface area contributed by atoms with Gasteiger partial charge >= 0.3 is 6.03 Å². The fraction of sp³-hybridized carbons (Fsp3) is 0.391. The van der Waals surface area contributed by atoms with E-state index < -0.39 is 5.41 Å². The molecule has 0 saturated carbocycles. The van der Waals surface area contributed by atoms with Crippen molar-refractivity contribution in [2.75, 3.05) is 18.4 Å². The van der Waals surface area contributed by atoms with E-state index >= 15 is 0 Å². The Balaban J connectivity index is 1.61. The minimum Gasteiger partial charge on any atom is -0.351 e. The molecule has 1 fully saturated rings. The largest absolute Gasteiger partial charge is 0.351 e. The van der Waals surface area contributed by atoms with Gasteiger partial charge in [-0.05, 0) is 43.4 Å². The third-order valence-electron chi connectivity index (χ3n) is 5.47. The van der Waals surface area contributed by atoms with Gasteiger partial charge in [0.05, 0.1) is 5.41 Å². The summed E-state index contributed by atoms with van der Waals surface area (Å²) in [7, 11) is 0. The lowest BCUT2D eigenvalue weighted by atomic mass is 9.81. The first-order chi connectivity index (χ1) is 13.5. The molecule has 5 heteroatoms. The van der Waals surface area contributed by atoms with E-state index in [1.165, 1.54) is 0 Å². The van der Waals surface area contributed by atoms with Crippen LogP contribution >= 0.6 is 0 Å². The molecule has 1 atom stereocenters. The molecule has 5 nitrogen and oxygen atoms in total. The molecule has 0 aliphatic carbocycles. The van der Waals surface area contributed by atoms with E-state index in [1.54, 1.807) is 4.90 Å². The predicted octanol–water partition coefficient (Wildman–Crippen LogP) is 4.20. The van der Waals surface area contributed by atoms with Crippen LogP contribution in [0, 0.1) is 5.41 Å². The highest BCUT2D eigenvalue weighted by Gasteiger charge is 2.39. The molecule has 0 spiro atoms. The maximum atomic E-state index is 12.9. The molecule has 148 valence electrons. The number of para-hydroxylation sites is 1. The van der Waals surface area contributed by atoms with Crippen molar-refractivity contribution >= 4 is 17.6 Å². The summed E-state index contributed by atoms with van der Waals surface area (Å²) < 4.78 is 0. The standard InChI is InChI=1S/C23H29N3O2/c1-3-19-12-7-8-13-20(19)25-22(28)26-15-9-14-23(2,17-26)21(27)24-16-18-10-5-4-6-11-18/h4-8,10-13H,3,9,14-17H2,1-2H3,(H,24,27)(H,25,28)/t23-/m0/s1. The number of amides is 3. The van der Waals surface area contributed by atoms with Gasteiger partial charge in [-0.1, -0.05) is 55.5 Å². The number of piperidine rings is 1. The molecule has 2 N–H and O–H groups in total. The molecule has 1 aliphatic heterocycles. The molecule has 3 rings (SSSR count). The fourth-order valence-corrected chi connectivity index (χ4v) is 3.73. The highest BCUT2D eigenvalue weighted by Crippen LogP contribution is 2.30. The predicted molar refractivity (Wildman–Crippen MR) is 112 cm³/mol. The molecule has 0 bridgehead atoms. The zero-order chi connectivity index (χ0) is 20.0. The van der Waals surface area contributed by atoms with Crippen LogP contribution in [0.2, 0.25) is 0 Å². The first kappa shape index (κ1) is 19.9. The van der Waals surface area contributed by atoms with E-state index in [1.807, 2.05) is 61.5 Å². The first-order valence-electron chi connectivity index (χ1n) is 9.98. The van der Waals surface area contributed by atoms with Crippen LogP contribution < -0.4 is 10.6 Å². The van der Waals surface area contributed by atoms with Crippen molar-refractivity contribution in [2.24, 2.45) is 5.41 Å². The first-order valence-corrected chi connectivity index (χ1v) is 9.98. The molecule has 0 radical (unpaired) electrons. The molecule has 3 amide bonds. The lowest BCUT2D eigenvalue weighted by Crippen LogP contribution is -2.52. The Morgan fingerprint density at radius 3 is 2.54 bits per heavy atom. The monoisotopic (exact) mass is 379 g/mol. The second-order valence-corrected chi connectivity index (χ2v) is 7.69. The Morgan fingerprint density at radius 2 is 1.79 bits per heavy atom. The lowest BCUT2D eigenvalue weighted by molar-refractivity contribution is -0.132.